The first kappa shape index (κ1) is 13.2. The SMILES string of the molecule is Cc1ccc2ncc(CN3C(=O)C4CCCN4C3=O)cc2c1. The molecule has 5 nitrogen and oxygen atoms in total. The van der Waals surface area contributed by atoms with Gasteiger partial charge in [0.2, 0.25) is 0 Å². The quantitative estimate of drug-likeness (QED) is 0.800. The molecule has 1 unspecified atom stereocenters. The van der Waals surface area contributed by atoms with Gasteiger partial charge in [0.1, 0.15) is 6.04 Å². The third-order valence-electron chi connectivity index (χ3n) is 4.51. The van der Waals surface area contributed by atoms with Gasteiger partial charge in [-0.15, -0.1) is 0 Å². The molecule has 2 saturated heterocycles. The third-order valence-corrected chi connectivity index (χ3v) is 4.51. The summed E-state index contributed by atoms with van der Waals surface area (Å²) in [4.78, 5) is 32.2. The second-order valence-corrected chi connectivity index (χ2v) is 6.10. The van der Waals surface area contributed by atoms with Crippen molar-refractivity contribution in [3.05, 3.63) is 41.6 Å². The van der Waals surface area contributed by atoms with E-state index in [9.17, 15) is 9.59 Å². The van der Waals surface area contributed by atoms with E-state index in [1.54, 1.807) is 11.1 Å². The van der Waals surface area contributed by atoms with Crippen LogP contribution in [0, 0.1) is 6.92 Å². The summed E-state index contributed by atoms with van der Waals surface area (Å²) in [6.45, 7) is 3.04. The summed E-state index contributed by atoms with van der Waals surface area (Å²) in [5, 5.41) is 1.04. The minimum absolute atomic E-state index is 0.0631. The first-order valence-electron chi connectivity index (χ1n) is 7.61. The number of aromatic nitrogens is 1. The molecule has 0 bridgehead atoms. The summed E-state index contributed by atoms with van der Waals surface area (Å²) in [6.07, 6.45) is 3.46. The molecule has 2 aliphatic rings. The number of carbonyl (C=O) groups is 2. The minimum Gasteiger partial charge on any atom is -0.312 e. The van der Waals surface area contributed by atoms with Crippen LogP contribution in [0.3, 0.4) is 0 Å². The van der Waals surface area contributed by atoms with Gasteiger partial charge in [-0.2, -0.15) is 0 Å². The summed E-state index contributed by atoms with van der Waals surface area (Å²) < 4.78 is 0. The van der Waals surface area contributed by atoms with Crippen molar-refractivity contribution in [3.8, 4) is 0 Å². The highest BCUT2D eigenvalue weighted by Crippen LogP contribution is 2.28. The maximum atomic E-state index is 12.4. The Morgan fingerprint density at radius 1 is 1.27 bits per heavy atom. The van der Waals surface area contributed by atoms with Gasteiger partial charge in [-0.05, 0) is 43.5 Å². The molecule has 1 aromatic carbocycles. The van der Waals surface area contributed by atoms with Crippen LogP contribution in [0.4, 0.5) is 4.79 Å². The van der Waals surface area contributed by atoms with Crippen LogP contribution in [0.1, 0.15) is 24.0 Å². The summed E-state index contributed by atoms with van der Waals surface area (Å²) in [7, 11) is 0. The smallest absolute Gasteiger partial charge is 0.312 e. The molecule has 0 aliphatic carbocycles. The van der Waals surface area contributed by atoms with E-state index in [1.165, 1.54) is 10.5 Å². The molecule has 0 saturated carbocycles. The topological polar surface area (TPSA) is 53.5 Å². The lowest BCUT2D eigenvalue weighted by atomic mass is 10.1. The number of urea groups is 1. The van der Waals surface area contributed by atoms with Crippen molar-refractivity contribution in [2.45, 2.75) is 32.4 Å². The number of amides is 3. The van der Waals surface area contributed by atoms with Gasteiger partial charge in [0.05, 0.1) is 12.1 Å². The normalized spacial score (nSPS) is 21.0. The predicted molar refractivity (Wildman–Crippen MR) is 82.2 cm³/mol. The van der Waals surface area contributed by atoms with Gasteiger partial charge in [0.15, 0.2) is 0 Å². The van der Waals surface area contributed by atoms with E-state index in [0.29, 0.717) is 13.1 Å². The van der Waals surface area contributed by atoms with Crippen molar-refractivity contribution in [2.24, 2.45) is 0 Å². The number of nitrogens with zero attached hydrogens (tertiary/aromatic N) is 3. The summed E-state index contributed by atoms with van der Waals surface area (Å²) in [5.74, 6) is -0.0631. The predicted octanol–water partition coefficient (Wildman–Crippen LogP) is 2.47. The van der Waals surface area contributed by atoms with Gasteiger partial charge in [-0.25, -0.2) is 4.79 Å². The van der Waals surface area contributed by atoms with Crippen LogP contribution in [-0.4, -0.2) is 39.3 Å². The number of benzene rings is 1. The highest BCUT2D eigenvalue weighted by molar-refractivity contribution is 6.04. The Bertz CT molecular complexity index is 765. The Hall–Kier alpha value is -2.43. The Morgan fingerprint density at radius 2 is 2.14 bits per heavy atom. The molecule has 1 atom stereocenters. The first-order chi connectivity index (χ1) is 10.6. The van der Waals surface area contributed by atoms with E-state index < -0.39 is 0 Å². The molecule has 5 heteroatoms. The average Bonchev–Trinajstić information content (AvgIpc) is 3.07. The highest BCUT2D eigenvalue weighted by Gasteiger charge is 2.47. The van der Waals surface area contributed by atoms with Crippen LogP contribution in [0.5, 0.6) is 0 Å². The number of imide groups is 1. The van der Waals surface area contributed by atoms with E-state index in [4.69, 9.17) is 0 Å². The van der Waals surface area contributed by atoms with Crippen molar-refractivity contribution in [1.29, 1.82) is 0 Å². The molecule has 2 aliphatic heterocycles. The molecule has 112 valence electrons. The van der Waals surface area contributed by atoms with Crippen molar-refractivity contribution < 1.29 is 9.59 Å². The van der Waals surface area contributed by atoms with Crippen LogP contribution >= 0.6 is 0 Å². The van der Waals surface area contributed by atoms with Gasteiger partial charge in [0, 0.05) is 18.1 Å². The Morgan fingerprint density at radius 3 is 2.95 bits per heavy atom. The molecule has 22 heavy (non-hydrogen) atoms. The molecule has 0 spiro atoms. The van der Waals surface area contributed by atoms with E-state index >= 15 is 0 Å². The average molecular weight is 295 g/mol. The van der Waals surface area contributed by atoms with Crippen LogP contribution in [-0.2, 0) is 11.3 Å². The number of pyridine rings is 1. The Kier molecular flexibility index (Phi) is 2.89. The zero-order valence-electron chi connectivity index (χ0n) is 12.5. The lowest BCUT2D eigenvalue weighted by Gasteiger charge is -2.15. The van der Waals surface area contributed by atoms with E-state index in [0.717, 1.165) is 29.3 Å². The van der Waals surface area contributed by atoms with Gasteiger partial charge in [-0.3, -0.25) is 14.7 Å². The van der Waals surface area contributed by atoms with Crippen molar-refractivity contribution >= 4 is 22.8 Å². The molecule has 2 fully saturated rings. The molecule has 2 aromatic rings. The van der Waals surface area contributed by atoms with Crippen LogP contribution < -0.4 is 0 Å². The molecular weight excluding hydrogens is 278 g/mol. The Labute approximate surface area is 128 Å². The van der Waals surface area contributed by atoms with E-state index in [1.807, 2.05) is 25.1 Å². The van der Waals surface area contributed by atoms with Crippen LogP contribution in [0.15, 0.2) is 30.5 Å². The number of carbonyl (C=O) groups excluding carboxylic acids is 2. The van der Waals surface area contributed by atoms with Crippen molar-refractivity contribution in [2.75, 3.05) is 6.54 Å². The van der Waals surface area contributed by atoms with Gasteiger partial charge in [-0.1, -0.05) is 11.6 Å². The standard InChI is InChI=1S/C17H17N3O2/c1-11-4-5-14-13(7-11)8-12(9-18-14)10-20-16(21)15-3-2-6-19(15)17(20)22/h4-5,7-9,15H,2-3,6,10H2,1H3. The zero-order chi connectivity index (χ0) is 15.3. The fraction of sp³-hybridized carbons (Fsp3) is 0.353. The van der Waals surface area contributed by atoms with Crippen molar-refractivity contribution in [3.63, 3.8) is 0 Å². The molecule has 3 heterocycles. The lowest BCUT2D eigenvalue weighted by Crippen LogP contribution is -2.32. The molecular formula is C17H17N3O2. The summed E-state index contributed by atoms with van der Waals surface area (Å²) in [5.41, 5.74) is 2.98. The van der Waals surface area contributed by atoms with Gasteiger partial charge < -0.3 is 4.90 Å². The molecule has 1 aromatic heterocycles. The van der Waals surface area contributed by atoms with Crippen LogP contribution in [0.25, 0.3) is 10.9 Å². The highest BCUT2D eigenvalue weighted by atomic mass is 16.2. The van der Waals surface area contributed by atoms with Crippen molar-refractivity contribution in [1.82, 2.24) is 14.8 Å². The fourth-order valence-electron chi connectivity index (χ4n) is 3.39. The van der Waals surface area contributed by atoms with Crippen LogP contribution in [0.2, 0.25) is 0 Å². The van der Waals surface area contributed by atoms with Gasteiger partial charge in [0.25, 0.3) is 5.91 Å². The zero-order valence-corrected chi connectivity index (χ0v) is 12.5. The van der Waals surface area contributed by atoms with E-state index in [-0.39, 0.29) is 18.0 Å². The number of aryl methyl sites for hydroxylation is 1. The lowest BCUT2D eigenvalue weighted by molar-refractivity contribution is -0.128. The molecule has 0 N–H and O–H groups in total. The maximum absolute atomic E-state index is 12.4. The van der Waals surface area contributed by atoms with Gasteiger partial charge >= 0.3 is 6.03 Å². The van der Waals surface area contributed by atoms with E-state index in [2.05, 4.69) is 11.1 Å². The number of fused-ring (bicyclic) bond motifs is 2. The summed E-state index contributed by atoms with van der Waals surface area (Å²) in [6, 6.07) is 7.70. The second-order valence-electron chi connectivity index (χ2n) is 6.10. The third kappa shape index (κ3) is 1.96. The maximum Gasteiger partial charge on any atom is 0.327 e. The molecule has 3 amide bonds. The second kappa shape index (κ2) is 4.80. The molecule has 4 rings (SSSR count). The number of rotatable bonds is 2. The number of hydrogen-bond donors (Lipinski definition) is 0. The monoisotopic (exact) mass is 295 g/mol. The summed E-state index contributed by atoms with van der Waals surface area (Å²) >= 11 is 0. The Balaban J connectivity index is 1.63. The molecule has 0 radical (unpaired) electrons. The largest absolute Gasteiger partial charge is 0.327 e. The fourth-order valence-corrected chi connectivity index (χ4v) is 3.39. The number of hydrogen-bond acceptors (Lipinski definition) is 3. The first-order valence-corrected chi connectivity index (χ1v) is 7.61. The minimum atomic E-state index is -0.233.